The van der Waals surface area contributed by atoms with Crippen LogP contribution in [0.1, 0.15) is 55.7 Å². The van der Waals surface area contributed by atoms with Crippen LogP contribution < -0.4 is 10.1 Å². The Hall–Kier alpha value is -1.02. The second-order valence-electron chi connectivity index (χ2n) is 5.71. The van der Waals surface area contributed by atoms with Gasteiger partial charge in [-0.05, 0) is 51.6 Å². The summed E-state index contributed by atoms with van der Waals surface area (Å²) in [7, 11) is 0. The van der Waals surface area contributed by atoms with Crippen molar-refractivity contribution in [2.45, 2.75) is 57.6 Å². The van der Waals surface area contributed by atoms with E-state index >= 15 is 0 Å². The molecule has 1 aliphatic carbocycles. The maximum Gasteiger partial charge on any atom is 0.124 e. The van der Waals surface area contributed by atoms with Crippen molar-refractivity contribution < 1.29 is 4.74 Å². The van der Waals surface area contributed by atoms with Crippen LogP contribution in [0.25, 0.3) is 0 Å². The summed E-state index contributed by atoms with van der Waals surface area (Å²) in [4.78, 5) is 0. The van der Waals surface area contributed by atoms with Gasteiger partial charge in [-0.2, -0.15) is 0 Å². The van der Waals surface area contributed by atoms with Gasteiger partial charge in [-0.1, -0.05) is 24.1 Å². The minimum absolute atomic E-state index is 0.468. The van der Waals surface area contributed by atoms with E-state index in [4.69, 9.17) is 4.74 Å². The van der Waals surface area contributed by atoms with E-state index in [1.165, 1.54) is 49.7 Å². The molecule has 2 fully saturated rings. The lowest BCUT2D eigenvalue weighted by Gasteiger charge is -2.31. The summed E-state index contributed by atoms with van der Waals surface area (Å²) < 4.78 is 6.15. The fraction of sp³-hybridized carbons (Fsp3) is 0.625. The number of hydrogen-bond acceptors (Lipinski definition) is 2. The smallest absolute Gasteiger partial charge is 0.124 e. The maximum absolute atomic E-state index is 6.15. The van der Waals surface area contributed by atoms with E-state index in [2.05, 4.69) is 30.4 Å². The lowest BCUT2D eigenvalue weighted by atomic mass is 9.94. The summed E-state index contributed by atoms with van der Waals surface area (Å²) in [6.45, 7) is 3.31. The zero-order valence-electron chi connectivity index (χ0n) is 11.2. The van der Waals surface area contributed by atoms with E-state index in [-0.39, 0.29) is 0 Å². The van der Waals surface area contributed by atoms with Crippen molar-refractivity contribution in [3.05, 3.63) is 29.3 Å². The van der Waals surface area contributed by atoms with Crippen LogP contribution in [0.3, 0.4) is 0 Å². The molecule has 1 atom stereocenters. The van der Waals surface area contributed by atoms with Gasteiger partial charge >= 0.3 is 0 Å². The van der Waals surface area contributed by atoms with Crippen LogP contribution in [0, 0.1) is 6.92 Å². The molecular formula is C16H23NO. The molecule has 2 aliphatic rings. The van der Waals surface area contributed by atoms with Gasteiger partial charge < -0.3 is 10.1 Å². The SMILES string of the molecule is Cc1ccc(OC2CCC2)c(C2CCCCN2)c1. The molecule has 1 N–H and O–H groups in total. The summed E-state index contributed by atoms with van der Waals surface area (Å²) in [5.41, 5.74) is 2.71. The summed E-state index contributed by atoms with van der Waals surface area (Å²) in [5, 5.41) is 3.63. The molecule has 1 aliphatic heterocycles. The molecule has 0 spiro atoms. The predicted octanol–water partition coefficient (Wildman–Crippen LogP) is 3.74. The molecule has 2 heteroatoms. The van der Waals surface area contributed by atoms with Crippen LogP contribution in [-0.4, -0.2) is 12.6 Å². The van der Waals surface area contributed by atoms with Crippen LogP contribution in [0.2, 0.25) is 0 Å². The standard InChI is InChI=1S/C16H23NO/c1-12-8-9-16(18-13-5-4-6-13)14(11-12)15-7-2-3-10-17-15/h8-9,11,13,15,17H,2-7,10H2,1H3. The number of nitrogens with one attached hydrogen (secondary N) is 1. The molecule has 98 valence electrons. The lowest BCUT2D eigenvalue weighted by Crippen LogP contribution is -2.29. The molecule has 1 aromatic rings. The Morgan fingerprint density at radius 1 is 1.11 bits per heavy atom. The van der Waals surface area contributed by atoms with Crippen LogP contribution in [0.15, 0.2) is 18.2 Å². The van der Waals surface area contributed by atoms with Crippen molar-refractivity contribution in [3.8, 4) is 5.75 Å². The fourth-order valence-corrected chi connectivity index (χ4v) is 2.83. The third-order valence-electron chi connectivity index (χ3n) is 4.20. The molecule has 0 amide bonds. The summed E-state index contributed by atoms with van der Waals surface area (Å²) in [6, 6.07) is 7.13. The monoisotopic (exact) mass is 245 g/mol. The normalized spacial score (nSPS) is 24.6. The van der Waals surface area contributed by atoms with Gasteiger partial charge in [0.05, 0.1) is 6.10 Å². The third kappa shape index (κ3) is 2.54. The van der Waals surface area contributed by atoms with Gasteiger partial charge in [0.2, 0.25) is 0 Å². The van der Waals surface area contributed by atoms with Gasteiger partial charge in [-0.25, -0.2) is 0 Å². The molecule has 1 heterocycles. The highest BCUT2D eigenvalue weighted by Gasteiger charge is 2.23. The van der Waals surface area contributed by atoms with Crippen molar-refractivity contribution in [2.24, 2.45) is 0 Å². The molecule has 2 nitrogen and oxygen atoms in total. The first-order valence-corrected chi connectivity index (χ1v) is 7.33. The van der Waals surface area contributed by atoms with E-state index in [1.807, 2.05) is 0 Å². The molecule has 0 bridgehead atoms. The van der Waals surface area contributed by atoms with Crippen LogP contribution in [0.5, 0.6) is 5.75 Å². The Morgan fingerprint density at radius 3 is 2.67 bits per heavy atom. The highest BCUT2D eigenvalue weighted by atomic mass is 16.5. The topological polar surface area (TPSA) is 21.3 Å². The van der Waals surface area contributed by atoms with Crippen molar-refractivity contribution in [3.63, 3.8) is 0 Å². The molecule has 3 rings (SSSR count). The second kappa shape index (κ2) is 5.31. The number of ether oxygens (including phenoxy) is 1. The van der Waals surface area contributed by atoms with Crippen LogP contribution in [0.4, 0.5) is 0 Å². The van der Waals surface area contributed by atoms with Crippen LogP contribution >= 0.6 is 0 Å². The summed E-state index contributed by atoms with van der Waals surface area (Å²) in [5.74, 6) is 1.12. The number of benzene rings is 1. The first-order valence-electron chi connectivity index (χ1n) is 7.33. The molecule has 1 unspecified atom stereocenters. The summed E-state index contributed by atoms with van der Waals surface area (Å²) >= 11 is 0. The number of rotatable bonds is 3. The Morgan fingerprint density at radius 2 is 2.00 bits per heavy atom. The van der Waals surface area contributed by atoms with Crippen LogP contribution in [-0.2, 0) is 0 Å². The molecular weight excluding hydrogens is 222 g/mol. The van der Waals surface area contributed by atoms with Crippen molar-refractivity contribution in [2.75, 3.05) is 6.54 Å². The maximum atomic E-state index is 6.15. The minimum atomic E-state index is 0.468. The molecule has 1 aromatic carbocycles. The lowest BCUT2D eigenvalue weighted by molar-refractivity contribution is 0.118. The van der Waals surface area contributed by atoms with Gasteiger partial charge in [0.25, 0.3) is 0 Å². The van der Waals surface area contributed by atoms with E-state index in [9.17, 15) is 0 Å². The van der Waals surface area contributed by atoms with E-state index in [1.54, 1.807) is 0 Å². The zero-order valence-corrected chi connectivity index (χ0v) is 11.2. The Kier molecular flexibility index (Phi) is 3.55. The number of hydrogen-bond donors (Lipinski definition) is 1. The predicted molar refractivity (Wildman–Crippen MR) is 74.0 cm³/mol. The van der Waals surface area contributed by atoms with E-state index < -0.39 is 0 Å². The Labute approximate surface area is 110 Å². The first kappa shape index (κ1) is 12.0. The fourth-order valence-electron chi connectivity index (χ4n) is 2.83. The van der Waals surface area contributed by atoms with Gasteiger partial charge in [0, 0.05) is 11.6 Å². The molecule has 1 saturated carbocycles. The average molecular weight is 245 g/mol. The Bertz CT molecular complexity index is 406. The van der Waals surface area contributed by atoms with E-state index in [0.717, 1.165) is 12.3 Å². The quantitative estimate of drug-likeness (QED) is 0.876. The van der Waals surface area contributed by atoms with Gasteiger partial charge in [-0.3, -0.25) is 0 Å². The number of piperidine rings is 1. The van der Waals surface area contributed by atoms with Gasteiger partial charge in [-0.15, -0.1) is 0 Å². The first-order chi connectivity index (χ1) is 8.83. The van der Waals surface area contributed by atoms with Gasteiger partial charge in [0.1, 0.15) is 5.75 Å². The molecule has 18 heavy (non-hydrogen) atoms. The average Bonchev–Trinajstić information content (AvgIpc) is 2.36. The molecule has 0 aromatic heterocycles. The highest BCUT2D eigenvalue weighted by molar-refractivity contribution is 5.39. The molecule has 0 radical (unpaired) electrons. The third-order valence-corrected chi connectivity index (χ3v) is 4.20. The Balaban J connectivity index is 1.81. The minimum Gasteiger partial charge on any atom is -0.490 e. The van der Waals surface area contributed by atoms with Gasteiger partial charge in [0.15, 0.2) is 0 Å². The number of aryl methyl sites for hydroxylation is 1. The van der Waals surface area contributed by atoms with Crippen molar-refractivity contribution in [1.29, 1.82) is 0 Å². The van der Waals surface area contributed by atoms with Crippen molar-refractivity contribution >= 4 is 0 Å². The largest absolute Gasteiger partial charge is 0.490 e. The van der Waals surface area contributed by atoms with Crippen molar-refractivity contribution in [1.82, 2.24) is 5.32 Å². The summed E-state index contributed by atoms with van der Waals surface area (Å²) in [6.07, 6.45) is 8.12. The van der Waals surface area contributed by atoms with E-state index in [0.29, 0.717) is 12.1 Å². The molecule has 1 saturated heterocycles. The highest BCUT2D eigenvalue weighted by Crippen LogP contribution is 2.34. The second-order valence-corrected chi connectivity index (χ2v) is 5.71. The zero-order chi connectivity index (χ0) is 12.4.